The lowest BCUT2D eigenvalue weighted by Gasteiger charge is -2.21. The van der Waals surface area contributed by atoms with Crippen LogP contribution in [0.4, 0.5) is 0 Å². The molecule has 70 valence electrons. The average Bonchev–Trinajstić information content (AvgIpc) is 2.70. The molecular weight excluding hydrogens is 166 g/mol. The van der Waals surface area contributed by atoms with E-state index in [1.807, 2.05) is 17.1 Å². The van der Waals surface area contributed by atoms with Gasteiger partial charge in [0.1, 0.15) is 5.52 Å². The van der Waals surface area contributed by atoms with Crippen LogP contribution in [-0.2, 0) is 0 Å². The van der Waals surface area contributed by atoms with Crippen molar-refractivity contribution in [3.8, 4) is 0 Å². The fourth-order valence-electron chi connectivity index (χ4n) is 1.44. The molecule has 0 atom stereocenters. The minimum atomic E-state index is 0.958. The van der Waals surface area contributed by atoms with Gasteiger partial charge in [-0.05, 0) is 25.1 Å². The standard InChI is InChI=1S/C8H13N5/c1-3-11(4-2)12-6-5-8-7-9-10-13(8)12/h5-7H,3-4H2,1-2H3. The summed E-state index contributed by atoms with van der Waals surface area (Å²) in [4.78, 5) is 1.97. The minimum absolute atomic E-state index is 0.958. The van der Waals surface area contributed by atoms with Crippen molar-refractivity contribution in [1.82, 2.24) is 19.7 Å². The zero-order chi connectivity index (χ0) is 9.26. The number of fused-ring (bicyclic) bond motifs is 1. The van der Waals surface area contributed by atoms with E-state index in [2.05, 4.69) is 29.2 Å². The number of aromatic nitrogens is 4. The van der Waals surface area contributed by atoms with Crippen LogP contribution in [0.25, 0.3) is 5.52 Å². The van der Waals surface area contributed by atoms with Gasteiger partial charge in [0.05, 0.1) is 6.20 Å². The molecule has 0 bridgehead atoms. The number of nitrogens with zero attached hydrogens (tertiary/aromatic N) is 5. The van der Waals surface area contributed by atoms with Gasteiger partial charge in [0, 0.05) is 19.3 Å². The highest BCUT2D eigenvalue weighted by Gasteiger charge is 2.05. The van der Waals surface area contributed by atoms with Crippen LogP contribution in [0.1, 0.15) is 13.8 Å². The Kier molecular flexibility index (Phi) is 1.92. The van der Waals surface area contributed by atoms with E-state index in [0.717, 1.165) is 18.6 Å². The summed E-state index contributed by atoms with van der Waals surface area (Å²) in [6.45, 7) is 6.15. The molecule has 0 N–H and O–H groups in total. The molecule has 0 saturated heterocycles. The molecule has 2 rings (SSSR count). The summed E-state index contributed by atoms with van der Waals surface area (Å²) in [5.41, 5.74) is 1.02. The van der Waals surface area contributed by atoms with Crippen LogP contribution in [0.15, 0.2) is 18.5 Å². The maximum Gasteiger partial charge on any atom is 0.109 e. The molecule has 0 aliphatic rings. The second kappa shape index (κ2) is 3.08. The maximum absolute atomic E-state index is 3.98. The third-order valence-corrected chi connectivity index (χ3v) is 2.15. The summed E-state index contributed by atoms with van der Waals surface area (Å²) in [5.74, 6) is 0. The molecule has 2 heterocycles. The molecule has 5 nitrogen and oxygen atoms in total. The van der Waals surface area contributed by atoms with Crippen LogP contribution in [0, 0.1) is 0 Å². The van der Waals surface area contributed by atoms with E-state index < -0.39 is 0 Å². The predicted octanol–water partition coefficient (Wildman–Crippen LogP) is 0.509. The summed E-state index contributed by atoms with van der Waals surface area (Å²) in [7, 11) is 0. The molecule has 2 aromatic heterocycles. The lowest BCUT2D eigenvalue weighted by atomic mass is 10.6. The number of rotatable bonds is 3. The van der Waals surface area contributed by atoms with Crippen LogP contribution < -0.4 is 5.01 Å². The first-order valence-corrected chi connectivity index (χ1v) is 4.50. The largest absolute Gasteiger partial charge is 0.297 e. The molecule has 0 fully saturated rings. The Morgan fingerprint density at radius 1 is 1.38 bits per heavy atom. The highest BCUT2D eigenvalue weighted by Crippen LogP contribution is 2.01. The van der Waals surface area contributed by atoms with Gasteiger partial charge in [0.15, 0.2) is 0 Å². The zero-order valence-corrected chi connectivity index (χ0v) is 7.88. The average molecular weight is 179 g/mol. The van der Waals surface area contributed by atoms with Crippen LogP contribution >= 0.6 is 0 Å². The van der Waals surface area contributed by atoms with E-state index in [1.165, 1.54) is 0 Å². The van der Waals surface area contributed by atoms with Gasteiger partial charge < -0.3 is 0 Å². The molecule has 0 amide bonds. The topological polar surface area (TPSA) is 38.4 Å². The van der Waals surface area contributed by atoms with Crippen molar-refractivity contribution in [2.75, 3.05) is 18.1 Å². The van der Waals surface area contributed by atoms with Crippen molar-refractivity contribution in [3.05, 3.63) is 18.5 Å². The van der Waals surface area contributed by atoms with Gasteiger partial charge in [0.2, 0.25) is 0 Å². The molecule has 5 heteroatoms. The van der Waals surface area contributed by atoms with Crippen LogP contribution in [0.5, 0.6) is 0 Å². The van der Waals surface area contributed by atoms with E-state index in [1.54, 1.807) is 10.8 Å². The Morgan fingerprint density at radius 3 is 2.85 bits per heavy atom. The van der Waals surface area contributed by atoms with Crippen LogP contribution in [0.2, 0.25) is 0 Å². The molecule has 13 heavy (non-hydrogen) atoms. The van der Waals surface area contributed by atoms with Crippen LogP contribution in [0.3, 0.4) is 0 Å². The van der Waals surface area contributed by atoms with E-state index in [4.69, 9.17) is 0 Å². The molecule has 0 aliphatic carbocycles. The van der Waals surface area contributed by atoms with Gasteiger partial charge in [-0.3, -0.25) is 5.01 Å². The molecule has 0 radical (unpaired) electrons. The minimum Gasteiger partial charge on any atom is -0.297 e. The fraction of sp³-hybridized carbons (Fsp3) is 0.500. The van der Waals surface area contributed by atoms with Crippen molar-refractivity contribution < 1.29 is 0 Å². The third-order valence-electron chi connectivity index (χ3n) is 2.15. The van der Waals surface area contributed by atoms with Gasteiger partial charge in [0.25, 0.3) is 0 Å². The predicted molar refractivity (Wildman–Crippen MR) is 50.3 cm³/mol. The van der Waals surface area contributed by atoms with Crippen molar-refractivity contribution in [2.24, 2.45) is 0 Å². The quantitative estimate of drug-likeness (QED) is 0.689. The SMILES string of the molecule is CCN(CC)n1ccc2cnnn21. The van der Waals surface area contributed by atoms with Gasteiger partial charge >= 0.3 is 0 Å². The Bertz CT molecular complexity index is 384. The molecular formula is C8H13N5. The summed E-state index contributed by atoms with van der Waals surface area (Å²) < 4.78 is 1.78. The second-order valence-corrected chi connectivity index (χ2v) is 2.82. The van der Waals surface area contributed by atoms with Crippen molar-refractivity contribution in [2.45, 2.75) is 13.8 Å². The van der Waals surface area contributed by atoms with E-state index in [0.29, 0.717) is 0 Å². The molecule has 2 aromatic rings. The summed E-state index contributed by atoms with van der Waals surface area (Å²) in [5, 5.41) is 9.99. The van der Waals surface area contributed by atoms with Crippen LogP contribution in [-0.4, -0.2) is 32.8 Å². The highest BCUT2D eigenvalue weighted by molar-refractivity contribution is 5.41. The normalized spacial score (nSPS) is 10.9. The first-order chi connectivity index (χ1) is 6.36. The molecule has 0 unspecified atom stereocenters. The lowest BCUT2D eigenvalue weighted by molar-refractivity contribution is 0.489. The fourth-order valence-corrected chi connectivity index (χ4v) is 1.44. The third kappa shape index (κ3) is 1.16. The Labute approximate surface area is 76.5 Å². The Hall–Kier alpha value is -1.52. The molecule has 0 aliphatic heterocycles. The number of hydrogen-bond acceptors (Lipinski definition) is 3. The summed E-state index contributed by atoms with van der Waals surface area (Å²) >= 11 is 0. The monoisotopic (exact) mass is 179 g/mol. The Morgan fingerprint density at radius 2 is 2.15 bits per heavy atom. The first kappa shape index (κ1) is 8.10. The Balaban J connectivity index is 2.47. The van der Waals surface area contributed by atoms with Gasteiger partial charge in [-0.25, -0.2) is 0 Å². The van der Waals surface area contributed by atoms with Crippen molar-refractivity contribution in [1.29, 1.82) is 0 Å². The highest BCUT2D eigenvalue weighted by atomic mass is 15.7. The van der Waals surface area contributed by atoms with Gasteiger partial charge in [-0.15, -0.1) is 9.73 Å². The summed E-state index contributed by atoms with van der Waals surface area (Å²) in [6.07, 6.45) is 3.75. The van der Waals surface area contributed by atoms with E-state index in [9.17, 15) is 0 Å². The lowest BCUT2D eigenvalue weighted by Crippen LogP contribution is -2.36. The maximum atomic E-state index is 3.98. The zero-order valence-electron chi connectivity index (χ0n) is 7.88. The van der Waals surface area contributed by atoms with E-state index in [-0.39, 0.29) is 0 Å². The van der Waals surface area contributed by atoms with Gasteiger partial charge in [-0.1, -0.05) is 0 Å². The molecule has 0 aromatic carbocycles. The smallest absolute Gasteiger partial charge is 0.109 e. The number of hydrogen-bond donors (Lipinski definition) is 0. The van der Waals surface area contributed by atoms with Crippen molar-refractivity contribution in [3.63, 3.8) is 0 Å². The molecule has 0 saturated carbocycles. The van der Waals surface area contributed by atoms with Crippen molar-refractivity contribution >= 4 is 5.52 Å². The summed E-state index contributed by atoms with van der Waals surface area (Å²) in [6, 6.07) is 2.00. The molecule has 0 spiro atoms. The van der Waals surface area contributed by atoms with E-state index >= 15 is 0 Å². The second-order valence-electron chi connectivity index (χ2n) is 2.82. The van der Waals surface area contributed by atoms with Gasteiger partial charge in [-0.2, -0.15) is 4.79 Å². The first-order valence-electron chi connectivity index (χ1n) is 4.50.